The van der Waals surface area contributed by atoms with Crippen LogP contribution in [0, 0.1) is 5.82 Å². The molecule has 1 N–H and O–H groups in total. The molecular formula is C27H28ClFN2O3. The molecule has 0 heterocycles. The molecular weight excluding hydrogens is 455 g/mol. The predicted octanol–water partition coefficient (Wildman–Crippen LogP) is 4.81. The Morgan fingerprint density at radius 2 is 1.74 bits per heavy atom. The van der Waals surface area contributed by atoms with Gasteiger partial charge in [0.25, 0.3) is 0 Å². The quantitative estimate of drug-likeness (QED) is 0.451. The minimum Gasteiger partial charge on any atom is -0.497 e. The van der Waals surface area contributed by atoms with Crippen molar-refractivity contribution in [2.45, 2.75) is 32.4 Å². The highest BCUT2D eigenvalue weighted by atomic mass is 35.5. The Balaban J connectivity index is 2.00. The molecule has 0 aliphatic rings. The summed E-state index contributed by atoms with van der Waals surface area (Å²) < 4.78 is 19.8. The molecule has 3 aromatic carbocycles. The first kappa shape index (κ1) is 25.2. The summed E-state index contributed by atoms with van der Waals surface area (Å²) in [6.45, 7) is 2.39. The number of nitrogens with one attached hydrogen (secondary N) is 1. The summed E-state index contributed by atoms with van der Waals surface area (Å²) in [5.74, 6) is -0.594. The summed E-state index contributed by atoms with van der Waals surface area (Å²) in [4.78, 5) is 28.3. The minimum atomic E-state index is -0.799. The molecule has 1 atom stereocenters. The van der Waals surface area contributed by atoms with E-state index in [4.69, 9.17) is 16.3 Å². The number of carbonyl (C=O) groups excluding carboxylic acids is 2. The van der Waals surface area contributed by atoms with Crippen LogP contribution in [0.2, 0.25) is 5.02 Å². The highest BCUT2D eigenvalue weighted by Gasteiger charge is 2.31. The lowest BCUT2D eigenvalue weighted by Crippen LogP contribution is -2.51. The number of rotatable bonds is 10. The highest BCUT2D eigenvalue weighted by molar-refractivity contribution is 6.31. The van der Waals surface area contributed by atoms with E-state index in [2.05, 4.69) is 5.32 Å². The van der Waals surface area contributed by atoms with Crippen LogP contribution in [0.3, 0.4) is 0 Å². The maximum atomic E-state index is 14.5. The fraction of sp³-hybridized carbons (Fsp3) is 0.259. The Morgan fingerprint density at radius 3 is 2.41 bits per heavy atom. The molecule has 0 saturated heterocycles. The normalized spacial score (nSPS) is 11.5. The van der Waals surface area contributed by atoms with Crippen molar-refractivity contribution in [1.82, 2.24) is 10.2 Å². The summed E-state index contributed by atoms with van der Waals surface area (Å²) >= 11 is 6.19. The van der Waals surface area contributed by atoms with Gasteiger partial charge in [0, 0.05) is 30.1 Å². The zero-order chi connectivity index (χ0) is 24.5. The molecule has 0 saturated carbocycles. The molecule has 0 spiro atoms. The van der Waals surface area contributed by atoms with Gasteiger partial charge in [-0.05, 0) is 42.3 Å². The van der Waals surface area contributed by atoms with Gasteiger partial charge in [-0.3, -0.25) is 9.59 Å². The van der Waals surface area contributed by atoms with E-state index in [0.717, 1.165) is 11.1 Å². The van der Waals surface area contributed by atoms with E-state index in [-0.39, 0.29) is 29.5 Å². The highest BCUT2D eigenvalue weighted by Crippen LogP contribution is 2.23. The lowest BCUT2D eigenvalue weighted by atomic mass is 10.0. The van der Waals surface area contributed by atoms with Gasteiger partial charge in [0.15, 0.2) is 0 Å². The van der Waals surface area contributed by atoms with Crippen LogP contribution in [-0.4, -0.2) is 36.4 Å². The zero-order valence-electron chi connectivity index (χ0n) is 19.3. The molecule has 178 valence electrons. The molecule has 0 unspecified atom stereocenters. The third kappa shape index (κ3) is 6.58. The number of halogens is 2. The van der Waals surface area contributed by atoms with Crippen LogP contribution in [0.1, 0.15) is 23.6 Å². The van der Waals surface area contributed by atoms with Crippen molar-refractivity contribution in [1.29, 1.82) is 0 Å². The largest absolute Gasteiger partial charge is 0.497 e. The Morgan fingerprint density at radius 1 is 1.03 bits per heavy atom. The van der Waals surface area contributed by atoms with Crippen LogP contribution in [0.5, 0.6) is 5.75 Å². The second-order valence-electron chi connectivity index (χ2n) is 7.85. The van der Waals surface area contributed by atoms with E-state index in [1.54, 1.807) is 19.2 Å². The maximum absolute atomic E-state index is 14.5. The molecule has 7 heteroatoms. The molecule has 0 aromatic heterocycles. The molecule has 0 bridgehead atoms. The molecule has 3 aromatic rings. The van der Waals surface area contributed by atoms with Crippen LogP contribution >= 0.6 is 11.6 Å². The van der Waals surface area contributed by atoms with E-state index in [0.29, 0.717) is 18.7 Å². The molecule has 2 amide bonds. The van der Waals surface area contributed by atoms with Gasteiger partial charge in [0.1, 0.15) is 17.6 Å². The Bertz CT molecular complexity index is 1100. The second-order valence-corrected chi connectivity index (χ2v) is 8.26. The third-order valence-electron chi connectivity index (χ3n) is 5.50. The van der Waals surface area contributed by atoms with Gasteiger partial charge in [-0.2, -0.15) is 0 Å². The second kappa shape index (κ2) is 12.2. The number of hydrogen-bond acceptors (Lipinski definition) is 3. The van der Waals surface area contributed by atoms with Crippen molar-refractivity contribution in [2.24, 2.45) is 0 Å². The van der Waals surface area contributed by atoms with Crippen LogP contribution in [0.4, 0.5) is 4.39 Å². The number of benzene rings is 3. The van der Waals surface area contributed by atoms with Gasteiger partial charge >= 0.3 is 0 Å². The predicted molar refractivity (Wildman–Crippen MR) is 131 cm³/mol. The summed E-state index contributed by atoms with van der Waals surface area (Å²) in [5, 5.41) is 3.01. The lowest BCUT2D eigenvalue weighted by molar-refractivity contribution is -0.140. The molecule has 0 aliphatic carbocycles. The zero-order valence-corrected chi connectivity index (χ0v) is 20.0. The van der Waals surface area contributed by atoms with E-state index >= 15 is 0 Å². The number of likely N-dealkylation sites (N-methyl/N-ethyl adjacent to an activating group) is 1. The SMILES string of the molecule is CCNC(=O)[C@@H](Cc1ccccc1)N(Cc1cccc(OC)c1)C(=O)Cc1c(F)cccc1Cl. The van der Waals surface area contributed by atoms with Crippen molar-refractivity contribution in [3.8, 4) is 5.75 Å². The summed E-state index contributed by atoms with van der Waals surface area (Å²) in [6, 6.07) is 20.3. The number of ether oxygens (including phenoxy) is 1. The molecule has 3 rings (SSSR count). The van der Waals surface area contributed by atoms with Crippen molar-refractivity contribution >= 4 is 23.4 Å². The minimum absolute atomic E-state index is 0.110. The molecule has 34 heavy (non-hydrogen) atoms. The van der Waals surface area contributed by atoms with E-state index in [1.807, 2.05) is 55.5 Å². The van der Waals surface area contributed by atoms with Crippen LogP contribution in [0.15, 0.2) is 72.8 Å². The van der Waals surface area contributed by atoms with E-state index in [9.17, 15) is 14.0 Å². The first-order valence-corrected chi connectivity index (χ1v) is 11.5. The Labute approximate surface area is 204 Å². The average Bonchev–Trinajstić information content (AvgIpc) is 2.84. The number of amides is 2. The Kier molecular flexibility index (Phi) is 9.05. The average molecular weight is 483 g/mol. The van der Waals surface area contributed by atoms with Crippen molar-refractivity contribution < 1.29 is 18.7 Å². The van der Waals surface area contributed by atoms with Crippen LogP contribution in [0.25, 0.3) is 0 Å². The fourth-order valence-electron chi connectivity index (χ4n) is 3.77. The summed E-state index contributed by atoms with van der Waals surface area (Å²) in [7, 11) is 1.56. The van der Waals surface area contributed by atoms with Gasteiger partial charge in [-0.1, -0.05) is 60.1 Å². The van der Waals surface area contributed by atoms with E-state index in [1.165, 1.54) is 17.0 Å². The lowest BCUT2D eigenvalue weighted by Gasteiger charge is -2.31. The molecule has 0 radical (unpaired) electrons. The number of nitrogens with zero attached hydrogens (tertiary/aromatic N) is 1. The number of methoxy groups -OCH3 is 1. The summed E-state index contributed by atoms with van der Waals surface area (Å²) in [5.41, 5.74) is 1.81. The first-order valence-electron chi connectivity index (χ1n) is 11.1. The van der Waals surface area contributed by atoms with Crippen molar-refractivity contribution in [3.05, 3.63) is 100 Å². The van der Waals surface area contributed by atoms with Gasteiger partial charge < -0.3 is 15.0 Å². The summed E-state index contributed by atoms with van der Waals surface area (Å²) in [6.07, 6.45) is 0.0492. The number of hydrogen-bond donors (Lipinski definition) is 1. The molecule has 0 fully saturated rings. The maximum Gasteiger partial charge on any atom is 0.243 e. The smallest absolute Gasteiger partial charge is 0.243 e. The van der Waals surface area contributed by atoms with Gasteiger partial charge in [-0.15, -0.1) is 0 Å². The van der Waals surface area contributed by atoms with Crippen molar-refractivity contribution in [2.75, 3.05) is 13.7 Å². The van der Waals surface area contributed by atoms with E-state index < -0.39 is 17.8 Å². The van der Waals surface area contributed by atoms with Gasteiger partial charge in [0.2, 0.25) is 11.8 Å². The Hall–Kier alpha value is -3.38. The van der Waals surface area contributed by atoms with Crippen LogP contribution in [-0.2, 0) is 29.0 Å². The van der Waals surface area contributed by atoms with Gasteiger partial charge in [0.05, 0.1) is 13.5 Å². The third-order valence-corrected chi connectivity index (χ3v) is 5.85. The van der Waals surface area contributed by atoms with Gasteiger partial charge in [-0.25, -0.2) is 4.39 Å². The monoisotopic (exact) mass is 482 g/mol. The molecule has 0 aliphatic heterocycles. The molecule has 5 nitrogen and oxygen atoms in total. The topological polar surface area (TPSA) is 58.6 Å². The van der Waals surface area contributed by atoms with Crippen molar-refractivity contribution in [3.63, 3.8) is 0 Å². The number of carbonyl (C=O) groups is 2. The van der Waals surface area contributed by atoms with Crippen LogP contribution < -0.4 is 10.1 Å². The fourth-order valence-corrected chi connectivity index (χ4v) is 4.00. The standard InChI is InChI=1S/C27H28ClFN2O3/c1-3-30-27(33)25(16-19-9-5-4-6-10-19)31(18-20-11-7-12-21(15-20)34-2)26(32)17-22-23(28)13-8-14-24(22)29/h4-15,25H,3,16-18H2,1-2H3,(H,30,33)/t25-/m1/s1. The first-order chi connectivity index (χ1) is 16.4.